The number of amides is 1. The number of pyridine rings is 1. The first-order chi connectivity index (χ1) is 25.3. The molecule has 0 saturated carbocycles. The van der Waals surface area contributed by atoms with Gasteiger partial charge < -0.3 is 23.8 Å². The van der Waals surface area contributed by atoms with Crippen LogP contribution in [0.5, 0.6) is 28.9 Å². The summed E-state index contributed by atoms with van der Waals surface area (Å²) < 4.78 is 23.1. The molecule has 0 bridgehead atoms. The van der Waals surface area contributed by atoms with Crippen LogP contribution < -0.4 is 18.9 Å². The summed E-state index contributed by atoms with van der Waals surface area (Å²) in [7, 11) is 1.66. The molecule has 1 amide bonds. The first-order valence-corrected chi connectivity index (χ1v) is 17.9. The van der Waals surface area contributed by atoms with Crippen molar-refractivity contribution in [3.05, 3.63) is 148 Å². The molecule has 0 spiro atoms. The molecule has 4 aromatic carbocycles. The van der Waals surface area contributed by atoms with E-state index in [1.165, 1.54) is 11.1 Å². The Bertz CT molecular complexity index is 1930. The monoisotopic (exact) mass is 717 g/mol. The first kappa shape index (κ1) is 36.5. The van der Waals surface area contributed by atoms with E-state index in [0.29, 0.717) is 43.0 Å². The number of rotatable bonds is 14. The molecule has 52 heavy (non-hydrogen) atoms. The minimum absolute atomic E-state index is 0.0255. The third-order valence-corrected chi connectivity index (χ3v) is 9.37. The highest BCUT2D eigenvalue weighted by atomic mass is 35.5. The topological polar surface area (TPSA) is 73.4 Å². The molecule has 9 heteroatoms. The summed E-state index contributed by atoms with van der Waals surface area (Å²) in [4.78, 5) is 21.8. The minimum Gasteiger partial charge on any atom is -0.497 e. The maximum Gasteiger partial charge on any atom is 0.246 e. The standard InChI is InChI=1S/C43H44ClN3O5/c1-31-26-35(27-32(2)43(31)52-41-18-17-39(28-45-41)51-30-36-6-4-5-7-40(36)44)12-19-42(48)47-23-21-46(22-24-47)29-34-10-8-33(9-11-34)20-25-50-38-15-13-37(49-3)14-16-38/h4-19,26-28H,20-25,29-30H2,1-3H3. The van der Waals surface area contributed by atoms with Crippen molar-refractivity contribution in [1.29, 1.82) is 0 Å². The minimum atomic E-state index is 0.0255. The second-order valence-corrected chi connectivity index (χ2v) is 13.2. The number of benzene rings is 4. The fourth-order valence-corrected chi connectivity index (χ4v) is 6.25. The summed E-state index contributed by atoms with van der Waals surface area (Å²) in [5.74, 6) is 3.52. The highest BCUT2D eigenvalue weighted by molar-refractivity contribution is 6.31. The lowest BCUT2D eigenvalue weighted by Crippen LogP contribution is -2.47. The van der Waals surface area contributed by atoms with Gasteiger partial charge in [-0.2, -0.15) is 0 Å². The van der Waals surface area contributed by atoms with Crippen LogP contribution >= 0.6 is 11.6 Å². The van der Waals surface area contributed by atoms with Crippen LogP contribution in [0.15, 0.2) is 109 Å². The van der Waals surface area contributed by atoms with Crippen molar-refractivity contribution in [2.75, 3.05) is 39.9 Å². The van der Waals surface area contributed by atoms with Crippen LogP contribution in [-0.2, 0) is 24.4 Å². The Hall–Kier alpha value is -5.31. The highest BCUT2D eigenvalue weighted by Gasteiger charge is 2.20. The van der Waals surface area contributed by atoms with Crippen molar-refractivity contribution in [1.82, 2.24) is 14.8 Å². The van der Waals surface area contributed by atoms with E-state index >= 15 is 0 Å². The molecule has 0 aliphatic carbocycles. The van der Waals surface area contributed by atoms with Gasteiger partial charge in [0.05, 0.1) is 19.9 Å². The maximum absolute atomic E-state index is 13.1. The number of hydrogen-bond acceptors (Lipinski definition) is 7. The van der Waals surface area contributed by atoms with Gasteiger partial charge in [0.15, 0.2) is 0 Å². The Morgan fingerprint density at radius 1 is 0.808 bits per heavy atom. The molecule has 5 aromatic rings. The van der Waals surface area contributed by atoms with E-state index in [9.17, 15) is 4.79 Å². The van der Waals surface area contributed by atoms with Crippen LogP contribution in [0.4, 0.5) is 0 Å². The zero-order valence-electron chi connectivity index (χ0n) is 29.9. The first-order valence-electron chi connectivity index (χ1n) is 17.5. The van der Waals surface area contributed by atoms with Crippen molar-refractivity contribution in [3.8, 4) is 28.9 Å². The Balaban J connectivity index is 0.929. The molecule has 0 radical (unpaired) electrons. The number of carbonyl (C=O) groups is 1. The Morgan fingerprint density at radius 2 is 1.48 bits per heavy atom. The maximum atomic E-state index is 13.1. The molecule has 1 aliphatic rings. The average molecular weight is 718 g/mol. The lowest BCUT2D eigenvalue weighted by molar-refractivity contribution is -0.127. The molecule has 0 unspecified atom stereocenters. The van der Waals surface area contributed by atoms with Gasteiger partial charge in [0.1, 0.15) is 29.6 Å². The highest BCUT2D eigenvalue weighted by Crippen LogP contribution is 2.30. The molecule has 1 aliphatic heterocycles. The number of methoxy groups -OCH3 is 1. The number of carbonyl (C=O) groups excluding carboxylic acids is 1. The number of halogens is 1. The molecule has 268 valence electrons. The lowest BCUT2D eigenvalue weighted by Gasteiger charge is -2.34. The van der Waals surface area contributed by atoms with Crippen LogP contribution in [0, 0.1) is 13.8 Å². The van der Waals surface area contributed by atoms with Crippen molar-refractivity contribution in [2.45, 2.75) is 33.4 Å². The van der Waals surface area contributed by atoms with Gasteiger partial charge >= 0.3 is 0 Å². The van der Waals surface area contributed by atoms with E-state index in [4.69, 9.17) is 30.5 Å². The zero-order valence-corrected chi connectivity index (χ0v) is 30.6. The predicted octanol–water partition coefficient (Wildman–Crippen LogP) is 8.71. The third kappa shape index (κ3) is 10.1. The van der Waals surface area contributed by atoms with Crippen molar-refractivity contribution in [3.63, 3.8) is 0 Å². The van der Waals surface area contributed by atoms with Crippen LogP contribution in [-0.4, -0.2) is 60.6 Å². The average Bonchev–Trinajstić information content (AvgIpc) is 3.17. The molecular weight excluding hydrogens is 674 g/mol. The number of hydrogen-bond donors (Lipinski definition) is 0. The van der Waals surface area contributed by atoms with Gasteiger partial charge in [0, 0.05) is 61.9 Å². The lowest BCUT2D eigenvalue weighted by atomic mass is 10.1. The molecule has 0 N–H and O–H groups in total. The van der Waals surface area contributed by atoms with Crippen LogP contribution in [0.3, 0.4) is 0 Å². The second-order valence-electron chi connectivity index (χ2n) is 12.8. The summed E-state index contributed by atoms with van der Waals surface area (Å²) in [5, 5.41) is 0.668. The molecule has 1 saturated heterocycles. The molecule has 1 fully saturated rings. The van der Waals surface area contributed by atoms with Crippen LogP contribution in [0.25, 0.3) is 6.08 Å². The quantitative estimate of drug-likeness (QED) is 0.106. The normalized spacial score (nSPS) is 13.3. The SMILES string of the molecule is COc1ccc(OCCc2ccc(CN3CCN(C(=O)C=Cc4cc(C)c(Oc5ccc(OCc6ccccc6Cl)cn5)c(C)c4)CC3)cc2)cc1. The molecular formula is C43H44ClN3O5. The summed E-state index contributed by atoms with van der Waals surface area (Å²) >= 11 is 6.23. The van der Waals surface area contributed by atoms with Crippen molar-refractivity contribution < 1.29 is 23.7 Å². The number of nitrogens with zero attached hydrogens (tertiary/aromatic N) is 3. The van der Waals surface area contributed by atoms with Gasteiger partial charge in [0.2, 0.25) is 11.8 Å². The molecule has 6 rings (SSSR count). The van der Waals surface area contributed by atoms with Crippen molar-refractivity contribution >= 4 is 23.6 Å². The van der Waals surface area contributed by atoms with Crippen LogP contribution in [0.2, 0.25) is 5.02 Å². The van der Waals surface area contributed by atoms with Crippen LogP contribution in [0.1, 0.15) is 33.4 Å². The number of aromatic nitrogens is 1. The Morgan fingerprint density at radius 3 is 2.15 bits per heavy atom. The van der Waals surface area contributed by atoms with Gasteiger partial charge in [-0.25, -0.2) is 4.98 Å². The number of piperazine rings is 1. The van der Waals surface area contributed by atoms with Gasteiger partial charge in [-0.15, -0.1) is 0 Å². The second kappa shape index (κ2) is 17.8. The number of aryl methyl sites for hydroxylation is 2. The molecule has 8 nitrogen and oxygen atoms in total. The molecule has 2 heterocycles. The summed E-state index contributed by atoms with van der Waals surface area (Å²) in [6.45, 7) is 8.90. The van der Waals surface area contributed by atoms with E-state index in [2.05, 4.69) is 34.1 Å². The van der Waals surface area contributed by atoms with Crippen molar-refractivity contribution in [2.24, 2.45) is 0 Å². The third-order valence-electron chi connectivity index (χ3n) is 9.00. The van der Waals surface area contributed by atoms with E-state index in [-0.39, 0.29) is 5.91 Å². The summed E-state index contributed by atoms with van der Waals surface area (Å²) in [6, 6.07) is 31.6. The zero-order chi connectivity index (χ0) is 36.3. The van der Waals surface area contributed by atoms with Gasteiger partial charge in [-0.05, 0) is 96.3 Å². The summed E-state index contributed by atoms with van der Waals surface area (Å²) in [6.07, 6.45) is 6.03. The molecule has 1 aromatic heterocycles. The summed E-state index contributed by atoms with van der Waals surface area (Å²) in [5.41, 5.74) is 6.28. The van der Waals surface area contributed by atoms with Gasteiger partial charge in [0.25, 0.3) is 0 Å². The number of ether oxygens (including phenoxy) is 4. The molecule has 0 atom stereocenters. The van der Waals surface area contributed by atoms with E-state index in [1.54, 1.807) is 25.4 Å². The fraction of sp³-hybridized carbons (Fsp3) is 0.256. The predicted molar refractivity (Wildman–Crippen MR) is 206 cm³/mol. The van der Waals surface area contributed by atoms with E-state index in [1.807, 2.05) is 91.6 Å². The van der Waals surface area contributed by atoms with E-state index < -0.39 is 0 Å². The smallest absolute Gasteiger partial charge is 0.246 e. The fourth-order valence-electron chi connectivity index (χ4n) is 6.06. The van der Waals surface area contributed by atoms with E-state index in [0.717, 1.165) is 65.6 Å². The van der Waals surface area contributed by atoms with Gasteiger partial charge in [-0.1, -0.05) is 54.1 Å². The Labute approximate surface area is 311 Å². The largest absolute Gasteiger partial charge is 0.497 e. The van der Waals surface area contributed by atoms with Gasteiger partial charge in [-0.3, -0.25) is 9.69 Å². The Kier molecular flexibility index (Phi) is 12.5.